The largest absolute Gasteiger partial charge is 0.335 e. The zero-order valence-corrected chi connectivity index (χ0v) is 7.44. The molecule has 3 heterocycles. The number of quaternary nitrogens is 1. The summed E-state index contributed by atoms with van der Waals surface area (Å²) in [6.07, 6.45) is 9.09. The molecule has 3 aliphatic heterocycles. The molecule has 2 bridgehead atoms. The van der Waals surface area contributed by atoms with Crippen molar-refractivity contribution in [2.75, 3.05) is 19.6 Å². The van der Waals surface area contributed by atoms with Crippen LogP contribution in [-0.2, 0) is 0 Å². The summed E-state index contributed by atoms with van der Waals surface area (Å²) in [7, 11) is 0. The number of hydrogen-bond donors (Lipinski definition) is 1. The first kappa shape index (κ1) is 7.60. The highest BCUT2D eigenvalue weighted by Crippen LogP contribution is 2.20. The summed E-state index contributed by atoms with van der Waals surface area (Å²) in [6, 6.07) is 0. The summed E-state index contributed by atoms with van der Waals surface area (Å²) in [5.41, 5.74) is 0. The van der Waals surface area contributed by atoms with Gasteiger partial charge in [-0.2, -0.15) is 0 Å². The van der Waals surface area contributed by atoms with Gasteiger partial charge in [0.25, 0.3) is 0 Å². The molecule has 3 saturated heterocycles. The van der Waals surface area contributed by atoms with E-state index in [1.165, 1.54) is 58.2 Å². The Morgan fingerprint density at radius 1 is 0.727 bits per heavy atom. The van der Waals surface area contributed by atoms with E-state index >= 15 is 0 Å². The topological polar surface area (TPSA) is 4.44 Å². The third-order valence-electron chi connectivity index (χ3n) is 3.43. The van der Waals surface area contributed by atoms with Crippen LogP contribution in [-0.4, -0.2) is 19.6 Å². The van der Waals surface area contributed by atoms with Gasteiger partial charge in [-0.15, -0.1) is 0 Å². The highest BCUT2D eigenvalue weighted by Gasteiger charge is 2.20. The summed E-state index contributed by atoms with van der Waals surface area (Å²) in [6.45, 7) is 4.41. The lowest BCUT2D eigenvalue weighted by atomic mass is 9.89. The summed E-state index contributed by atoms with van der Waals surface area (Å²) >= 11 is 0. The van der Waals surface area contributed by atoms with Crippen LogP contribution in [0.25, 0.3) is 0 Å². The molecule has 0 aliphatic carbocycles. The number of rotatable bonds is 0. The lowest BCUT2D eigenvalue weighted by Crippen LogP contribution is -3.12. The number of hydrogen-bond acceptors (Lipinski definition) is 0. The molecule has 0 amide bonds. The quantitative estimate of drug-likeness (QED) is 0.528. The van der Waals surface area contributed by atoms with E-state index in [0.29, 0.717) is 0 Å². The van der Waals surface area contributed by atoms with Crippen molar-refractivity contribution in [3.05, 3.63) is 0 Å². The molecule has 0 unspecified atom stereocenters. The average molecular weight is 154 g/mol. The van der Waals surface area contributed by atoms with Gasteiger partial charge < -0.3 is 4.90 Å². The van der Waals surface area contributed by atoms with E-state index in [1.807, 2.05) is 4.90 Å². The molecule has 3 aliphatic rings. The molecule has 1 heteroatoms. The zero-order valence-electron chi connectivity index (χ0n) is 7.44. The van der Waals surface area contributed by atoms with Crippen molar-refractivity contribution in [2.24, 2.45) is 5.92 Å². The fraction of sp³-hybridized carbons (Fsp3) is 1.00. The second-order valence-electron chi connectivity index (χ2n) is 4.29. The van der Waals surface area contributed by atoms with Crippen LogP contribution in [0.2, 0.25) is 0 Å². The molecule has 0 radical (unpaired) electrons. The molecular weight excluding hydrogens is 134 g/mol. The Kier molecular flexibility index (Phi) is 2.47. The Morgan fingerprint density at radius 3 is 1.64 bits per heavy atom. The van der Waals surface area contributed by atoms with Gasteiger partial charge in [-0.3, -0.25) is 0 Å². The monoisotopic (exact) mass is 154 g/mol. The SMILES string of the molecule is C1CC2CCC[NH+](C1)CCC2. The van der Waals surface area contributed by atoms with Crippen molar-refractivity contribution in [1.29, 1.82) is 0 Å². The molecule has 0 aromatic rings. The minimum Gasteiger partial charge on any atom is -0.335 e. The maximum Gasteiger partial charge on any atom is 0.0771 e. The Hall–Kier alpha value is -0.0400. The van der Waals surface area contributed by atoms with E-state index in [0.717, 1.165) is 5.92 Å². The first-order valence-corrected chi connectivity index (χ1v) is 5.29. The van der Waals surface area contributed by atoms with Crippen molar-refractivity contribution in [3.8, 4) is 0 Å². The molecule has 0 atom stereocenters. The molecule has 0 saturated carbocycles. The van der Waals surface area contributed by atoms with Crippen molar-refractivity contribution in [2.45, 2.75) is 38.5 Å². The summed E-state index contributed by atoms with van der Waals surface area (Å²) in [5, 5.41) is 0. The third kappa shape index (κ3) is 1.96. The number of nitrogens with one attached hydrogen (secondary N) is 1. The lowest BCUT2D eigenvalue weighted by molar-refractivity contribution is -0.902. The van der Waals surface area contributed by atoms with Gasteiger partial charge in [-0.1, -0.05) is 0 Å². The fourth-order valence-corrected chi connectivity index (χ4v) is 2.73. The van der Waals surface area contributed by atoms with E-state index in [2.05, 4.69) is 0 Å². The van der Waals surface area contributed by atoms with Crippen LogP contribution in [0.4, 0.5) is 0 Å². The van der Waals surface area contributed by atoms with Crippen LogP contribution in [0.5, 0.6) is 0 Å². The van der Waals surface area contributed by atoms with Gasteiger partial charge in [0.15, 0.2) is 0 Å². The Morgan fingerprint density at radius 2 is 1.18 bits per heavy atom. The van der Waals surface area contributed by atoms with Crippen LogP contribution < -0.4 is 4.90 Å². The normalized spacial score (nSPS) is 39.3. The molecule has 11 heavy (non-hydrogen) atoms. The lowest BCUT2D eigenvalue weighted by Gasteiger charge is -2.29. The minimum absolute atomic E-state index is 1.11. The van der Waals surface area contributed by atoms with Crippen LogP contribution in [0, 0.1) is 5.92 Å². The third-order valence-corrected chi connectivity index (χ3v) is 3.43. The summed E-state index contributed by atoms with van der Waals surface area (Å²) in [4.78, 5) is 1.89. The molecule has 0 aromatic heterocycles. The van der Waals surface area contributed by atoms with Crippen molar-refractivity contribution >= 4 is 0 Å². The van der Waals surface area contributed by atoms with Crippen molar-refractivity contribution in [1.82, 2.24) is 0 Å². The molecule has 1 N–H and O–H groups in total. The van der Waals surface area contributed by atoms with E-state index in [4.69, 9.17) is 0 Å². The van der Waals surface area contributed by atoms with Crippen LogP contribution >= 0.6 is 0 Å². The van der Waals surface area contributed by atoms with E-state index in [1.54, 1.807) is 0 Å². The molecule has 0 aromatic carbocycles. The van der Waals surface area contributed by atoms with Crippen molar-refractivity contribution < 1.29 is 4.90 Å². The Balaban J connectivity index is 1.96. The second kappa shape index (κ2) is 3.57. The zero-order chi connectivity index (χ0) is 7.52. The van der Waals surface area contributed by atoms with Gasteiger partial charge >= 0.3 is 0 Å². The molecule has 64 valence electrons. The second-order valence-corrected chi connectivity index (χ2v) is 4.29. The molecular formula is C10H20N+. The Labute approximate surface area is 69.8 Å². The molecule has 3 rings (SSSR count). The van der Waals surface area contributed by atoms with Gasteiger partial charge in [0.05, 0.1) is 19.6 Å². The first-order valence-electron chi connectivity index (χ1n) is 5.29. The highest BCUT2D eigenvalue weighted by atomic mass is 15.1. The molecule has 3 fully saturated rings. The minimum atomic E-state index is 1.11. The van der Waals surface area contributed by atoms with Crippen LogP contribution in [0.15, 0.2) is 0 Å². The molecule has 0 spiro atoms. The average Bonchev–Trinajstić information content (AvgIpc) is 1.80. The van der Waals surface area contributed by atoms with E-state index in [9.17, 15) is 0 Å². The van der Waals surface area contributed by atoms with Crippen molar-refractivity contribution in [3.63, 3.8) is 0 Å². The van der Waals surface area contributed by atoms with E-state index < -0.39 is 0 Å². The summed E-state index contributed by atoms with van der Waals surface area (Å²) < 4.78 is 0. The number of fused-ring (bicyclic) bond motifs is 6. The van der Waals surface area contributed by atoms with Gasteiger partial charge in [0.2, 0.25) is 0 Å². The van der Waals surface area contributed by atoms with Gasteiger partial charge in [-0.05, 0) is 44.4 Å². The highest BCUT2D eigenvalue weighted by molar-refractivity contribution is 4.64. The standard InChI is InChI=1S/C10H19N/c1-4-10-5-2-8-11(7-1)9-3-6-10/h10H,1-9H2/p+1. The predicted octanol–water partition coefficient (Wildman–Crippen LogP) is 0.855. The predicted molar refractivity (Wildman–Crippen MR) is 46.8 cm³/mol. The van der Waals surface area contributed by atoms with Gasteiger partial charge in [0, 0.05) is 0 Å². The van der Waals surface area contributed by atoms with Gasteiger partial charge in [-0.25, -0.2) is 0 Å². The smallest absolute Gasteiger partial charge is 0.0771 e. The Bertz CT molecular complexity index is 86.3. The van der Waals surface area contributed by atoms with E-state index in [-0.39, 0.29) is 0 Å². The van der Waals surface area contributed by atoms with Crippen LogP contribution in [0.1, 0.15) is 38.5 Å². The molecule has 1 nitrogen and oxygen atoms in total. The maximum atomic E-state index is 1.89. The van der Waals surface area contributed by atoms with Crippen LogP contribution in [0.3, 0.4) is 0 Å². The first-order chi connectivity index (χ1) is 5.45. The van der Waals surface area contributed by atoms with Gasteiger partial charge in [0.1, 0.15) is 0 Å². The fourth-order valence-electron chi connectivity index (χ4n) is 2.73. The summed E-state index contributed by atoms with van der Waals surface area (Å²) in [5.74, 6) is 1.11. The maximum absolute atomic E-state index is 1.89.